The van der Waals surface area contributed by atoms with Crippen LogP contribution >= 0.6 is 11.6 Å². The van der Waals surface area contributed by atoms with Crippen molar-refractivity contribution in [1.82, 2.24) is 0 Å². The van der Waals surface area contributed by atoms with Crippen LogP contribution in [0.2, 0.25) is 5.02 Å². The van der Waals surface area contributed by atoms with Crippen LogP contribution in [0.25, 0.3) is 6.08 Å². The molecule has 13 heavy (non-hydrogen) atoms. The molecule has 0 saturated carbocycles. The Hall–Kier alpha value is -1.15. The Balaban J connectivity index is 3.02. The molecular formula is C10H8ClFO. The second-order valence-electron chi connectivity index (χ2n) is 2.59. The van der Waals surface area contributed by atoms with E-state index < -0.39 is 5.82 Å². The number of rotatable bonds is 2. The van der Waals surface area contributed by atoms with Crippen molar-refractivity contribution in [2.45, 2.75) is 6.92 Å². The second-order valence-corrected chi connectivity index (χ2v) is 2.99. The highest BCUT2D eigenvalue weighted by Crippen LogP contribution is 2.18. The summed E-state index contributed by atoms with van der Waals surface area (Å²) in [5.74, 6) is -0.624. The average molecular weight is 199 g/mol. The maximum Gasteiger partial charge on any atom is 0.152 e. The zero-order chi connectivity index (χ0) is 9.84. The third-order valence-electron chi connectivity index (χ3n) is 1.48. The van der Waals surface area contributed by atoms with Gasteiger partial charge in [-0.15, -0.1) is 0 Å². The number of hydrogen-bond acceptors (Lipinski definition) is 1. The topological polar surface area (TPSA) is 17.1 Å². The molecular weight excluding hydrogens is 191 g/mol. The van der Waals surface area contributed by atoms with E-state index in [1.807, 2.05) is 0 Å². The summed E-state index contributed by atoms with van der Waals surface area (Å²) in [6.07, 6.45) is 2.71. The number of benzene rings is 1. The summed E-state index contributed by atoms with van der Waals surface area (Å²) in [5.41, 5.74) is 0.322. The number of halogens is 2. The number of carbonyl (C=O) groups is 1. The molecule has 0 heterocycles. The van der Waals surface area contributed by atoms with Crippen molar-refractivity contribution >= 4 is 23.5 Å². The standard InChI is InChI=1S/C10H8ClFO/c1-7(13)5-6-8-3-2-4-9(11)10(8)12/h2-6H,1H3/b6-5+. The minimum atomic E-state index is -0.498. The lowest BCUT2D eigenvalue weighted by atomic mass is 10.2. The van der Waals surface area contributed by atoms with Crippen LogP contribution in [0.1, 0.15) is 12.5 Å². The maximum absolute atomic E-state index is 13.2. The third-order valence-corrected chi connectivity index (χ3v) is 1.77. The molecule has 68 valence electrons. The third kappa shape index (κ3) is 2.67. The minimum absolute atomic E-state index is 0.0608. The quantitative estimate of drug-likeness (QED) is 0.668. The predicted molar refractivity (Wildman–Crippen MR) is 51.1 cm³/mol. The molecule has 0 aliphatic carbocycles. The molecule has 0 aliphatic heterocycles. The van der Waals surface area contributed by atoms with E-state index in [-0.39, 0.29) is 10.8 Å². The first kappa shape index (κ1) is 9.93. The van der Waals surface area contributed by atoms with Crippen LogP contribution in [0.15, 0.2) is 24.3 Å². The number of hydrogen-bond donors (Lipinski definition) is 0. The Morgan fingerprint density at radius 1 is 1.54 bits per heavy atom. The molecule has 0 aromatic heterocycles. The van der Waals surface area contributed by atoms with E-state index in [0.717, 1.165) is 0 Å². The van der Waals surface area contributed by atoms with Gasteiger partial charge in [0.25, 0.3) is 0 Å². The monoisotopic (exact) mass is 198 g/mol. The predicted octanol–water partition coefficient (Wildman–Crippen LogP) is 3.08. The summed E-state index contributed by atoms with van der Waals surface area (Å²) < 4.78 is 13.2. The van der Waals surface area contributed by atoms with Crippen molar-refractivity contribution in [2.75, 3.05) is 0 Å². The molecule has 0 fully saturated rings. The molecule has 0 spiro atoms. The molecule has 0 unspecified atom stereocenters. The molecule has 0 aliphatic rings. The van der Waals surface area contributed by atoms with Crippen molar-refractivity contribution in [2.24, 2.45) is 0 Å². The Labute approximate surface area is 80.8 Å². The van der Waals surface area contributed by atoms with Crippen LogP contribution < -0.4 is 0 Å². The van der Waals surface area contributed by atoms with E-state index in [1.54, 1.807) is 12.1 Å². The first-order chi connectivity index (χ1) is 6.11. The van der Waals surface area contributed by atoms with E-state index in [0.29, 0.717) is 5.56 Å². The van der Waals surface area contributed by atoms with Crippen molar-refractivity contribution in [1.29, 1.82) is 0 Å². The van der Waals surface area contributed by atoms with Crippen LogP contribution in [0.5, 0.6) is 0 Å². The fourth-order valence-corrected chi connectivity index (χ4v) is 1.04. The van der Waals surface area contributed by atoms with Gasteiger partial charge < -0.3 is 0 Å². The van der Waals surface area contributed by atoms with Gasteiger partial charge in [-0.25, -0.2) is 4.39 Å². The van der Waals surface area contributed by atoms with Crippen LogP contribution in [0.3, 0.4) is 0 Å². The summed E-state index contributed by atoms with van der Waals surface area (Å²) >= 11 is 5.54. The largest absolute Gasteiger partial charge is 0.295 e. The zero-order valence-corrected chi connectivity index (χ0v) is 7.81. The normalized spacial score (nSPS) is 10.7. The van der Waals surface area contributed by atoms with E-state index in [4.69, 9.17) is 11.6 Å². The molecule has 0 saturated heterocycles. The van der Waals surface area contributed by atoms with E-state index >= 15 is 0 Å². The fourth-order valence-electron chi connectivity index (χ4n) is 0.856. The molecule has 1 aromatic carbocycles. The number of allylic oxidation sites excluding steroid dienone is 1. The van der Waals surface area contributed by atoms with Crippen molar-refractivity contribution < 1.29 is 9.18 Å². The van der Waals surface area contributed by atoms with Crippen LogP contribution in [0, 0.1) is 5.82 Å². The van der Waals surface area contributed by atoms with E-state index in [9.17, 15) is 9.18 Å². The van der Waals surface area contributed by atoms with Gasteiger partial charge in [0.2, 0.25) is 0 Å². The molecule has 0 radical (unpaired) electrons. The van der Waals surface area contributed by atoms with Gasteiger partial charge in [0, 0.05) is 5.56 Å². The SMILES string of the molecule is CC(=O)/C=C/c1cccc(Cl)c1F. The molecule has 1 aromatic rings. The Kier molecular flexibility index (Phi) is 3.20. The van der Waals surface area contributed by atoms with Crippen molar-refractivity contribution in [3.05, 3.63) is 40.7 Å². The molecule has 0 amide bonds. The summed E-state index contributed by atoms with van der Waals surface area (Å²) in [6, 6.07) is 4.65. The zero-order valence-electron chi connectivity index (χ0n) is 7.05. The maximum atomic E-state index is 13.2. The fraction of sp³-hybridized carbons (Fsp3) is 0.100. The van der Waals surface area contributed by atoms with Gasteiger partial charge in [-0.2, -0.15) is 0 Å². The van der Waals surface area contributed by atoms with Gasteiger partial charge in [-0.1, -0.05) is 23.7 Å². The van der Waals surface area contributed by atoms with Gasteiger partial charge in [-0.05, 0) is 25.1 Å². The van der Waals surface area contributed by atoms with Gasteiger partial charge in [0.15, 0.2) is 5.78 Å². The molecule has 1 nitrogen and oxygen atoms in total. The first-order valence-electron chi connectivity index (χ1n) is 3.74. The Bertz CT molecular complexity index is 358. The Morgan fingerprint density at radius 2 is 2.23 bits per heavy atom. The molecule has 0 atom stereocenters. The Morgan fingerprint density at radius 3 is 2.85 bits per heavy atom. The number of ketones is 1. The van der Waals surface area contributed by atoms with Crippen LogP contribution in [-0.2, 0) is 4.79 Å². The lowest BCUT2D eigenvalue weighted by molar-refractivity contribution is -0.112. The van der Waals surface area contributed by atoms with Gasteiger partial charge in [0.05, 0.1) is 5.02 Å². The molecule has 3 heteroatoms. The van der Waals surface area contributed by atoms with Gasteiger partial charge >= 0.3 is 0 Å². The molecule has 0 N–H and O–H groups in total. The summed E-state index contributed by atoms with van der Waals surface area (Å²) in [5, 5.41) is 0.0608. The smallest absolute Gasteiger partial charge is 0.152 e. The van der Waals surface area contributed by atoms with Gasteiger partial charge in [0.1, 0.15) is 5.82 Å². The van der Waals surface area contributed by atoms with Gasteiger partial charge in [-0.3, -0.25) is 4.79 Å². The lowest BCUT2D eigenvalue weighted by Crippen LogP contribution is -1.85. The second kappa shape index (κ2) is 4.19. The lowest BCUT2D eigenvalue weighted by Gasteiger charge is -1.97. The van der Waals surface area contributed by atoms with Crippen molar-refractivity contribution in [3.8, 4) is 0 Å². The summed E-state index contributed by atoms with van der Waals surface area (Å²) in [7, 11) is 0. The summed E-state index contributed by atoms with van der Waals surface area (Å²) in [6.45, 7) is 1.40. The molecule has 1 rings (SSSR count). The average Bonchev–Trinajstić information content (AvgIpc) is 2.07. The van der Waals surface area contributed by atoms with E-state index in [2.05, 4.69) is 0 Å². The van der Waals surface area contributed by atoms with Crippen LogP contribution in [0.4, 0.5) is 4.39 Å². The van der Waals surface area contributed by atoms with E-state index in [1.165, 1.54) is 25.1 Å². The van der Waals surface area contributed by atoms with Crippen LogP contribution in [-0.4, -0.2) is 5.78 Å². The summed E-state index contributed by atoms with van der Waals surface area (Å²) in [4.78, 5) is 10.6. The van der Waals surface area contributed by atoms with Crippen molar-refractivity contribution in [3.63, 3.8) is 0 Å². The number of carbonyl (C=O) groups excluding carboxylic acids is 1. The first-order valence-corrected chi connectivity index (χ1v) is 4.11. The highest BCUT2D eigenvalue weighted by molar-refractivity contribution is 6.30. The highest BCUT2D eigenvalue weighted by atomic mass is 35.5. The molecule has 0 bridgehead atoms. The highest BCUT2D eigenvalue weighted by Gasteiger charge is 2.02. The minimum Gasteiger partial charge on any atom is -0.295 e.